The van der Waals surface area contributed by atoms with Crippen molar-refractivity contribution in [2.75, 3.05) is 26.2 Å². The van der Waals surface area contributed by atoms with Crippen LogP contribution in [0.2, 0.25) is 5.02 Å². The Labute approximate surface area is 158 Å². The minimum atomic E-state index is -0.281. The van der Waals surface area contributed by atoms with Crippen molar-refractivity contribution in [2.24, 2.45) is 14.1 Å². The van der Waals surface area contributed by atoms with E-state index in [1.165, 1.54) is 7.05 Å². The lowest BCUT2D eigenvalue weighted by Gasteiger charge is -2.20. The second-order valence-electron chi connectivity index (χ2n) is 6.21. The van der Waals surface area contributed by atoms with Crippen molar-refractivity contribution in [3.05, 3.63) is 61.9 Å². The molecule has 26 heavy (non-hydrogen) atoms. The molecule has 6 nitrogen and oxygen atoms in total. The van der Waals surface area contributed by atoms with E-state index in [1.54, 1.807) is 17.7 Å². The highest BCUT2D eigenvalue weighted by Gasteiger charge is 2.08. The topological polar surface area (TPSA) is 56.5 Å². The van der Waals surface area contributed by atoms with Gasteiger partial charge in [0.15, 0.2) is 0 Å². The summed E-state index contributed by atoms with van der Waals surface area (Å²) in [5, 5.41) is 0.692. The maximum Gasteiger partial charge on any atom is 0.330 e. The monoisotopic (exact) mass is 379 g/mol. The predicted molar refractivity (Wildman–Crippen MR) is 104 cm³/mol. The molecule has 0 N–H and O–H groups in total. The molecule has 2 aromatic rings. The van der Waals surface area contributed by atoms with E-state index in [9.17, 15) is 9.59 Å². The summed E-state index contributed by atoms with van der Waals surface area (Å²) < 4.78 is 8.40. The first-order valence-corrected chi connectivity index (χ1v) is 9.16. The number of aromatic nitrogens is 2. The van der Waals surface area contributed by atoms with Crippen LogP contribution in [0.3, 0.4) is 0 Å². The molecule has 0 radical (unpaired) electrons. The molecule has 0 atom stereocenters. The first-order chi connectivity index (χ1) is 12.4. The van der Waals surface area contributed by atoms with Gasteiger partial charge in [-0.1, -0.05) is 18.5 Å². The molecule has 0 spiro atoms. The molecule has 0 bridgehead atoms. The highest BCUT2D eigenvalue weighted by molar-refractivity contribution is 6.30. The Morgan fingerprint density at radius 3 is 2.42 bits per heavy atom. The zero-order valence-corrected chi connectivity index (χ0v) is 16.3. The molecular formula is C19H26ClN3O3. The second-order valence-corrected chi connectivity index (χ2v) is 6.65. The molecule has 1 heterocycles. The summed E-state index contributed by atoms with van der Waals surface area (Å²) in [5.74, 6) is 0.806. The molecule has 0 saturated carbocycles. The van der Waals surface area contributed by atoms with Gasteiger partial charge in [-0.25, -0.2) is 4.79 Å². The van der Waals surface area contributed by atoms with Crippen molar-refractivity contribution in [1.29, 1.82) is 0 Å². The van der Waals surface area contributed by atoms with Crippen LogP contribution in [0.1, 0.15) is 19.0 Å². The standard InChI is InChI=1S/C19H26ClN3O3/c1-4-23(12-13-26-17-9-7-15(20)8-10-17)11-5-6-16-14-18(24)22(3)19(25)21(16)2/h7-10,14H,4-6,11-13H2,1-3H3. The molecule has 0 unspecified atom stereocenters. The van der Waals surface area contributed by atoms with Gasteiger partial charge in [-0.05, 0) is 50.2 Å². The van der Waals surface area contributed by atoms with Crippen LogP contribution in [0.15, 0.2) is 39.9 Å². The number of halogens is 1. The highest BCUT2D eigenvalue weighted by atomic mass is 35.5. The number of nitrogens with zero attached hydrogens (tertiary/aromatic N) is 3. The summed E-state index contributed by atoms with van der Waals surface area (Å²) in [6.07, 6.45) is 1.56. The third-order valence-corrected chi connectivity index (χ3v) is 4.72. The van der Waals surface area contributed by atoms with E-state index in [0.29, 0.717) is 18.1 Å². The molecule has 0 amide bonds. The Bertz CT molecular complexity index is 827. The second kappa shape index (κ2) is 9.59. The van der Waals surface area contributed by atoms with Crippen molar-refractivity contribution >= 4 is 11.6 Å². The summed E-state index contributed by atoms with van der Waals surface area (Å²) in [5.41, 5.74) is 0.231. The molecule has 7 heteroatoms. The largest absolute Gasteiger partial charge is 0.492 e. The lowest BCUT2D eigenvalue weighted by molar-refractivity contribution is 0.214. The van der Waals surface area contributed by atoms with E-state index in [4.69, 9.17) is 16.3 Å². The van der Waals surface area contributed by atoms with Crippen molar-refractivity contribution in [2.45, 2.75) is 19.8 Å². The van der Waals surface area contributed by atoms with Crippen LogP contribution in [0, 0.1) is 0 Å². The molecule has 142 valence electrons. The number of aryl methyl sites for hydroxylation is 1. The van der Waals surface area contributed by atoms with Crippen LogP contribution >= 0.6 is 11.6 Å². The molecule has 0 aliphatic heterocycles. The predicted octanol–water partition coefficient (Wildman–Crippen LogP) is 2.07. The minimum Gasteiger partial charge on any atom is -0.492 e. The zero-order chi connectivity index (χ0) is 19.1. The Morgan fingerprint density at radius 1 is 1.08 bits per heavy atom. The maximum absolute atomic E-state index is 12.0. The van der Waals surface area contributed by atoms with Crippen molar-refractivity contribution in [3.63, 3.8) is 0 Å². The number of ether oxygens (including phenoxy) is 1. The fourth-order valence-corrected chi connectivity index (χ4v) is 2.88. The average molecular weight is 380 g/mol. The van der Waals surface area contributed by atoms with Crippen molar-refractivity contribution in [1.82, 2.24) is 14.0 Å². The fourth-order valence-electron chi connectivity index (χ4n) is 2.75. The maximum atomic E-state index is 12.0. The average Bonchev–Trinajstić information content (AvgIpc) is 2.64. The highest BCUT2D eigenvalue weighted by Crippen LogP contribution is 2.15. The molecular weight excluding hydrogens is 354 g/mol. The quantitative estimate of drug-likeness (QED) is 0.669. The third-order valence-electron chi connectivity index (χ3n) is 4.47. The molecule has 0 fully saturated rings. The minimum absolute atomic E-state index is 0.258. The van der Waals surface area contributed by atoms with E-state index >= 15 is 0 Å². The molecule has 1 aromatic carbocycles. The summed E-state index contributed by atoms with van der Waals surface area (Å²) in [7, 11) is 3.20. The summed E-state index contributed by atoms with van der Waals surface area (Å²) >= 11 is 5.86. The molecule has 1 aromatic heterocycles. The first kappa shape index (κ1) is 20.3. The zero-order valence-electron chi connectivity index (χ0n) is 15.6. The smallest absolute Gasteiger partial charge is 0.330 e. The van der Waals surface area contributed by atoms with Crippen LogP contribution in [0.25, 0.3) is 0 Å². The normalized spacial score (nSPS) is 11.1. The number of likely N-dealkylation sites (N-methyl/N-ethyl adjacent to an activating group) is 1. The lowest BCUT2D eigenvalue weighted by atomic mass is 10.2. The van der Waals surface area contributed by atoms with Gasteiger partial charge in [0.1, 0.15) is 12.4 Å². The Balaban J connectivity index is 1.81. The van der Waals surface area contributed by atoms with Gasteiger partial charge in [-0.3, -0.25) is 9.36 Å². The lowest BCUT2D eigenvalue weighted by Crippen LogP contribution is -2.38. The van der Waals surface area contributed by atoms with E-state index in [-0.39, 0.29) is 11.2 Å². The first-order valence-electron chi connectivity index (χ1n) is 8.79. The van der Waals surface area contributed by atoms with Crippen LogP contribution in [-0.4, -0.2) is 40.3 Å². The van der Waals surface area contributed by atoms with Gasteiger partial charge >= 0.3 is 5.69 Å². The van der Waals surface area contributed by atoms with Crippen LogP contribution in [0.5, 0.6) is 5.75 Å². The Morgan fingerprint density at radius 2 is 1.77 bits per heavy atom. The molecule has 0 aliphatic rings. The van der Waals surface area contributed by atoms with Crippen LogP contribution < -0.4 is 16.0 Å². The summed E-state index contributed by atoms with van der Waals surface area (Å²) in [6, 6.07) is 8.87. The van der Waals surface area contributed by atoms with Crippen LogP contribution in [0.4, 0.5) is 0 Å². The molecule has 0 aliphatic carbocycles. The summed E-state index contributed by atoms with van der Waals surface area (Å²) in [6.45, 7) is 5.31. The summed E-state index contributed by atoms with van der Waals surface area (Å²) in [4.78, 5) is 26.0. The van der Waals surface area contributed by atoms with Gasteiger partial charge in [-0.2, -0.15) is 0 Å². The Kier molecular flexibility index (Phi) is 7.48. The number of hydrogen-bond donors (Lipinski definition) is 0. The van der Waals surface area contributed by atoms with E-state index in [0.717, 1.165) is 42.1 Å². The molecule has 2 rings (SSSR count). The number of hydrogen-bond acceptors (Lipinski definition) is 4. The molecule has 0 saturated heterocycles. The van der Waals surface area contributed by atoms with E-state index in [2.05, 4.69) is 11.8 Å². The fraction of sp³-hybridized carbons (Fsp3) is 0.474. The Hall–Kier alpha value is -2.05. The van der Waals surface area contributed by atoms with Gasteiger partial charge in [0.05, 0.1) is 0 Å². The van der Waals surface area contributed by atoms with Gasteiger partial charge in [0.2, 0.25) is 0 Å². The SMILES string of the molecule is CCN(CCCc1cc(=O)n(C)c(=O)n1C)CCOc1ccc(Cl)cc1. The van der Waals surface area contributed by atoms with Gasteiger partial charge in [0.25, 0.3) is 5.56 Å². The van der Waals surface area contributed by atoms with E-state index in [1.807, 2.05) is 24.3 Å². The van der Waals surface area contributed by atoms with Crippen LogP contribution in [-0.2, 0) is 20.5 Å². The van der Waals surface area contributed by atoms with E-state index < -0.39 is 0 Å². The number of rotatable bonds is 9. The van der Waals surface area contributed by atoms with Gasteiger partial charge in [-0.15, -0.1) is 0 Å². The van der Waals surface area contributed by atoms with Gasteiger partial charge < -0.3 is 14.2 Å². The third kappa shape index (κ3) is 5.47. The van der Waals surface area contributed by atoms with Gasteiger partial charge in [0, 0.05) is 37.4 Å². The number of benzene rings is 1. The van der Waals surface area contributed by atoms with Crippen molar-refractivity contribution < 1.29 is 4.74 Å². The van der Waals surface area contributed by atoms with Crippen molar-refractivity contribution in [3.8, 4) is 5.75 Å².